The molecule has 9 heteroatoms. The van der Waals surface area contributed by atoms with Crippen LogP contribution < -0.4 is 4.90 Å². The van der Waals surface area contributed by atoms with Gasteiger partial charge in [-0.15, -0.1) is 0 Å². The topological polar surface area (TPSA) is 111 Å². The van der Waals surface area contributed by atoms with Crippen molar-refractivity contribution >= 4 is 17.6 Å². The summed E-state index contributed by atoms with van der Waals surface area (Å²) in [5.41, 5.74) is 0. The van der Waals surface area contributed by atoms with Crippen LogP contribution in [0, 0.1) is 10.1 Å². The molecule has 0 radical (unpaired) electrons. The van der Waals surface area contributed by atoms with E-state index in [0.29, 0.717) is 12.4 Å². The zero-order valence-corrected chi connectivity index (χ0v) is 9.65. The van der Waals surface area contributed by atoms with Gasteiger partial charge in [-0.25, -0.2) is 4.79 Å². The standard InChI is InChI=1S/C9H12N4O5/c1-11-5-10-7(13(16)17)8(11)12-2-3-18-6(4-12)9(14)15/h5-6H,2-4H2,1H3,(H,14,15). The second kappa shape index (κ2) is 4.61. The first-order valence-electron chi connectivity index (χ1n) is 5.25. The number of morpholine rings is 1. The minimum Gasteiger partial charge on any atom is -0.479 e. The molecule has 1 aromatic rings. The number of hydrogen-bond acceptors (Lipinski definition) is 6. The summed E-state index contributed by atoms with van der Waals surface area (Å²) in [6.45, 7) is 0.666. The molecule has 1 fully saturated rings. The number of nitrogens with zero attached hydrogens (tertiary/aromatic N) is 4. The molecule has 1 saturated heterocycles. The van der Waals surface area contributed by atoms with Crippen LogP contribution in [-0.4, -0.2) is 51.4 Å². The van der Waals surface area contributed by atoms with Gasteiger partial charge in [0, 0.05) is 13.6 Å². The summed E-state index contributed by atoms with van der Waals surface area (Å²) < 4.78 is 6.57. The van der Waals surface area contributed by atoms with Gasteiger partial charge in [-0.3, -0.25) is 4.57 Å². The molecular formula is C9H12N4O5. The molecule has 1 N–H and O–H groups in total. The van der Waals surface area contributed by atoms with E-state index in [1.54, 1.807) is 11.9 Å². The van der Waals surface area contributed by atoms with Gasteiger partial charge < -0.3 is 24.9 Å². The van der Waals surface area contributed by atoms with E-state index in [0.717, 1.165) is 0 Å². The van der Waals surface area contributed by atoms with Crippen LogP contribution >= 0.6 is 0 Å². The highest BCUT2D eigenvalue weighted by Crippen LogP contribution is 2.27. The number of anilines is 1. The Labute approximate surface area is 102 Å². The Morgan fingerprint density at radius 3 is 3.06 bits per heavy atom. The maximum absolute atomic E-state index is 10.9. The molecule has 1 aromatic heterocycles. The van der Waals surface area contributed by atoms with Gasteiger partial charge in [-0.05, 0) is 9.91 Å². The van der Waals surface area contributed by atoms with Gasteiger partial charge >= 0.3 is 11.8 Å². The van der Waals surface area contributed by atoms with E-state index < -0.39 is 17.0 Å². The van der Waals surface area contributed by atoms with Gasteiger partial charge in [0.2, 0.25) is 12.1 Å². The molecule has 0 aromatic carbocycles. The van der Waals surface area contributed by atoms with E-state index in [1.807, 2.05) is 0 Å². The molecule has 0 bridgehead atoms. The first kappa shape index (κ1) is 12.3. The summed E-state index contributed by atoms with van der Waals surface area (Å²) in [5.74, 6) is -1.05. The summed E-state index contributed by atoms with van der Waals surface area (Å²) >= 11 is 0. The highest BCUT2D eigenvalue weighted by molar-refractivity contribution is 5.74. The monoisotopic (exact) mass is 256 g/mol. The molecule has 1 aliphatic heterocycles. The van der Waals surface area contributed by atoms with E-state index in [1.165, 1.54) is 10.9 Å². The Hall–Kier alpha value is -2.16. The van der Waals surface area contributed by atoms with Crippen LogP contribution in [0.3, 0.4) is 0 Å². The largest absolute Gasteiger partial charge is 0.479 e. The number of ether oxygens (including phenoxy) is 1. The summed E-state index contributed by atoms with van der Waals surface area (Å²) in [4.78, 5) is 26.4. The molecule has 1 aliphatic rings. The zero-order chi connectivity index (χ0) is 13.3. The van der Waals surface area contributed by atoms with Crippen molar-refractivity contribution in [3.63, 3.8) is 0 Å². The fraction of sp³-hybridized carbons (Fsp3) is 0.556. The average molecular weight is 256 g/mol. The highest BCUT2D eigenvalue weighted by atomic mass is 16.6. The number of imidazole rings is 1. The minimum atomic E-state index is -1.08. The Kier molecular flexibility index (Phi) is 3.15. The van der Waals surface area contributed by atoms with E-state index in [4.69, 9.17) is 9.84 Å². The maximum Gasteiger partial charge on any atom is 0.406 e. The van der Waals surface area contributed by atoms with Crippen LogP contribution in [0.15, 0.2) is 6.33 Å². The third-order valence-electron chi connectivity index (χ3n) is 2.70. The van der Waals surface area contributed by atoms with Crippen LogP contribution in [0.4, 0.5) is 11.6 Å². The van der Waals surface area contributed by atoms with Crippen molar-refractivity contribution in [1.29, 1.82) is 0 Å². The number of aryl methyl sites for hydroxylation is 1. The normalized spacial score (nSPS) is 19.8. The molecule has 0 aliphatic carbocycles. The Morgan fingerprint density at radius 1 is 1.72 bits per heavy atom. The molecule has 0 saturated carbocycles. The van der Waals surface area contributed by atoms with Crippen molar-refractivity contribution in [2.24, 2.45) is 7.05 Å². The highest BCUT2D eigenvalue weighted by Gasteiger charge is 2.32. The first-order valence-corrected chi connectivity index (χ1v) is 5.25. The Morgan fingerprint density at radius 2 is 2.44 bits per heavy atom. The summed E-state index contributed by atoms with van der Waals surface area (Å²) in [7, 11) is 1.63. The fourth-order valence-corrected chi connectivity index (χ4v) is 1.90. The zero-order valence-electron chi connectivity index (χ0n) is 9.65. The van der Waals surface area contributed by atoms with Crippen LogP contribution in [0.1, 0.15) is 0 Å². The predicted octanol–water partition coefficient (Wildman–Crippen LogP) is -0.382. The molecule has 9 nitrogen and oxygen atoms in total. The van der Waals surface area contributed by atoms with Crippen LogP contribution in [-0.2, 0) is 16.6 Å². The minimum absolute atomic E-state index is 0.0652. The third kappa shape index (κ3) is 2.12. The van der Waals surface area contributed by atoms with E-state index >= 15 is 0 Å². The average Bonchev–Trinajstić information content (AvgIpc) is 2.71. The SMILES string of the molecule is Cn1cnc([N+](=O)[O-])c1N1CCOC(C(=O)O)C1. The number of carboxylic acids is 1. The molecule has 98 valence electrons. The number of aromatic nitrogens is 2. The van der Waals surface area contributed by atoms with Gasteiger partial charge in [-0.1, -0.05) is 0 Å². The van der Waals surface area contributed by atoms with Gasteiger partial charge in [0.25, 0.3) is 0 Å². The molecule has 0 amide bonds. The molecule has 2 heterocycles. The Bertz CT molecular complexity index is 485. The van der Waals surface area contributed by atoms with Crippen LogP contribution in [0.2, 0.25) is 0 Å². The summed E-state index contributed by atoms with van der Waals surface area (Å²) in [6.07, 6.45) is 0.354. The van der Waals surface area contributed by atoms with E-state index in [9.17, 15) is 14.9 Å². The molecule has 1 atom stereocenters. The van der Waals surface area contributed by atoms with Crippen molar-refractivity contribution in [3.05, 3.63) is 16.4 Å². The summed E-state index contributed by atoms with van der Waals surface area (Å²) in [6, 6.07) is 0. The number of carboxylic acid groups (broad SMARTS) is 1. The molecule has 0 spiro atoms. The van der Waals surface area contributed by atoms with E-state index in [2.05, 4.69) is 4.98 Å². The van der Waals surface area contributed by atoms with Crippen molar-refractivity contribution in [2.75, 3.05) is 24.6 Å². The number of nitro groups is 1. The van der Waals surface area contributed by atoms with Crippen molar-refractivity contribution in [2.45, 2.75) is 6.10 Å². The predicted molar refractivity (Wildman–Crippen MR) is 59.5 cm³/mol. The smallest absolute Gasteiger partial charge is 0.406 e. The fourth-order valence-electron chi connectivity index (χ4n) is 1.90. The first-order chi connectivity index (χ1) is 8.50. The maximum atomic E-state index is 10.9. The molecule has 18 heavy (non-hydrogen) atoms. The third-order valence-corrected chi connectivity index (χ3v) is 2.70. The number of carbonyl (C=O) groups is 1. The lowest BCUT2D eigenvalue weighted by atomic mass is 10.2. The number of aliphatic carboxylic acids is 1. The quantitative estimate of drug-likeness (QED) is 0.579. The number of hydrogen-bond donors (Lipinski definition) is 1. The van der Waals surface area contributed by atoms with Gasteiger partial charge in [0.1, 0.15) is 0 Å². The van der Waals surface area contributed by atoms with Gasteiger partial charge in [0.15, 0.2) is 6.10 Å². The van der Waals surface area contributed by atoms with Crippen LogP contribution in [0.25, 0.3) is 0 Å². The Balaban J connectivity index is 2.28. The molecular weight excluding hydrogens is 244 g/mol. The lowest BCUT2D eigenvalue weighted by Gasteiger charge is -2.31. The molecule has 2 rings (SSSR count). The van der Waals surface area contributed by atoms with Crippen molar-refractivity contribution < 1.29 is 19.6 Å². The lowest BCUT2D eigenvalue weighted by molar-refractivity contribution is -0.388. The lowest BCUT2D eigenvalue weighted by Crippen LogP contribution is -2.46. The summed E-state index contributed by atoms with van der Waals surface area (Å²) in [5, 5.41) is 19.7. The second-order valence-corrected chi connectivity index (χ2v) is 3.90. The number of rotatable bonds is 3. The van der Waals surface area contributed by atoms with E-state index in [-0.39, 0.29) is 19.0 Å². The molecule has 1 unspecified atom stereocenters. The van der Waals surface area contributed by atoms with Crippen LogP contribution in [0.5, 0.6) is 0 Å². The second-order valence-electron chi connectivity index (χ2n) is 3.90. The van der Waals surface area contributed by atoms with Gasteiger partial charge in [-0.2, -0.15) is 0 Å². The van der Waals surface area contributed by atoms with Gasteiger partial charge in [0.05, 0.1) is 13.2 Å². The van der Waals surface area contributed by atoms with Crippen molar-refractivity contribution in [1.82, 2.24) is 9.55 Å². The van der Waals surface area contributed by atoms with Crippen molar-refractivity contribution in [3.8, 4) is 0 Å².